The van der Waals surface area contributed by atoms with Gasteiger partial charge in [0.2, 0.25) is 5.78 Å². The van der Waals surface area contributed by atoms with Crippen LogP contribution in [-0.4, -0.2) is 35.4 Å². The highest BCUT2D eigenvalue weighted by Crippen LogP contribution is 2.25. The number of benzene rings is 1. The lowest BCUT2D eigenvalue weighted by Crippen LogP contribution is -2.45. The van der Waals surface area contributed by atoms with Crippen LogP contribution in [0.25, 0.3) is 0 Å². The lowest BCUT2D eigenvalue weighted by molar-refractivity contribution is 0.0996. The molecule has 1 fully saturated rings. The summed E-state index contributed by atoms with van der Waals surface area (Å²) in [6.45, 7) is 1.21. The SMILES string of the molecule is O=C1CN(c2ccccc2)C([C@@H]2CCCN2)=Nn2ccc(Cl)c21. The third kappa shape index (κ3) is 2.56. The fourth-order valence-corrected chi connectivity index (χ4v) is 3.45. The Kier molecular flexibility index (Phi) is 3.67. The van der Waals surface area contributed by atoms with Crippen molar-refractivity contribution in [3.05, 3.63) is 53.3 Å². The molecule has 4 rings (SSSR count). The van der Waals surface area contributed by atoms with Gasteiger partial charge >= 0.3 is 0 Å². The van der Waals surface area contributed by atoms with Gasteiger partial charge in [0.25, 0.3) is 0 Å². The summed E-state index contributed by atoms with van der Waals surface area (Å²) >= 11 is 6.18. The molecule has 0 unspecified atom stereocenters. The summed E-state index contributed by atoms with van der Waals surface area (Å²) in [5.74, 6) is 0.841. The molecule has 2 aromatic rings. The maximum Gasteiger partial charge on any atom is 0.202 e. The highest BCUT2D eigenvalue weighted by molar-refractivity contribution is 6.34. The van der Waals surface area contributed by atoms with Gasteiger partial charge in [0, 0.05) is 11.9 Å². The topological polar surface area (TPSA) is 49.6 Å². The Morgan fingerprint density at radius 3 is 2.78 bits per heavy atom. The number of para-hydroxylation sites is 1. The number of anilines is 1. The van der Waals surface area contributed by atoms with E-state index in [1.807, 2.05) is 35.2 Å². The van der Waals surface area contributed by atoms with Crippen LogP contribution in [0, 0.1) is 0 Å². The van der Waals surface area contributed by atoms with E-state index in [0.717, 1.165) is 30.9 Å². The van der Waals surface area contributed by atoms with Crippen LogP contribution in [0.2, 0.25) is 5.02 Å². The lowest BCUT2D eigenvalue weighted by Gasteiger charge is -2.27. The van der Waals surface area contributed by atoms with Gasteiger partial charge in [-0.25, -0.2) is 4.68 Å². The van der Waals surface area contributed by atoms with Gasteiger partial charge in [0.05, 0.1) is 17.6 Å². The summed E-state index contributed by atoms with van der Waals surface area (Å²) in [6.07, 6.45) is 3.87. The number of fused-ring (bicyclic) bond motifs is 1. The van der Waals surface area contributed by atoms with E-state index in [1.165, 1.54) is 0 Å². The van der Waals surface area contributed by atoms with Crippen LogP contribution >= 0.6 is 11.6 Å². The van der Waals surface area contributed by atoms with E-state index in [9.17, 15) is 4.79 Å². The van der Waals surface area contributed by atoms with Gasteiger partial charge in [0.1, 0.15) is 11.5 Å². The van der Waals surface area contributed by atoms with E-state index in [1.54, 1.807) is 16.9 Å². The van der Waals surface area contributed by atoms with Crippen molar-refractivity contribution in [3.8, 4) is 0 Å². The van der Waals surface area contributed by atoms with Crippen molar-refractivity contribution in [2.45, 2.75) is 18.9 Å². The minimum atomic E-state index is -0.0272. The first-order valence-corrected chi connectivity index (χ1v) is 8.17. The van der Waals surface area contributed by atoms with E-state index < -0.39 is 0 Å². The number of nitrogens with one attached hydrogen (secondary N) is 1. The molecule has 0 radical (unpaired) electrons. The van der Waals surface area contributed by atoms with E-state index in [2.05, 4.69) is 5.32 Å². The second-order valence-corrected chi connectivity index (χ2v) is 6.22. The van der Waals surface area contributed by atoms with Gasteiger partial charge in [-0.3, -0.25) is 4.79 Å². The molecule has 1 aromatic heterocycles. The lowest BCUT2D eigenvalue weighted by atomic mass is 10.1. The Morgan fingerprint density at radius 1 is 1.22 bits per heavy atom. The van der Waals surface area contributed by atoms with Crippen LogP contribution in [-0.2, 0) is 0 Å². The molecule has 6 heteroatoms. The summed E-state index contributed by atoms with van der Waals surface area (Å²) in [4.78, 5) is 14.7. The number of amidine groups is 1. The second-order valence-electron chi connectivity index (χ2n) is 5.81. The Bertz CT molecular complexity index is 762. The monoisotopic (exact) mass is 328 g/mol. The fourth-order valence-electron chi connectivity index (χ4n) is 3.20. The Labute approximate surface area is 139 Å². The minimum Gasteiger partial charge on any atom is -0.319 e. The zero-order valence-electron chi connectivity index (χ0n) is 12.6. The van der Waals surface area contributed by atoms with Gasteiger partial charge in [0.15, 0.2) is 0 Å². The standard InChI is InChI=1S/C17H17ClN4O/c18-13-8-10-22-16(13)15(23)11-21(12-5-2-1-3-6-12)17(20-22)14-7-4-9-19-14/h1-3,5-6,8,10,14,19H,4,7,9,11H2/t14-/m0/s1. The Hall–Kier alpha value is -2.11. The number of rotatable bonds is 2. The maximum absolute atomic E-state index is 12.7. The molecule has 23 heavy (non-hydrogen) atoms. The number of Topliss-reactive ketones (excluding diaryl/α,β-unsaturated/α-hetero) is 1. The van der Waals surface area contributed by atoms with E-state index in [-0.39, 0.29) is 18.4 Å². The summed E-state index contributed by atoms with van der Waals surface area (Å²) in [7, 11) is 0. The zero-order chi connectivity index (χ0) is 15.8. The van der Waals surface area contributed by atoms with E-state index in [0.29, 0.717) is 10.7 Å². The molecular formula is C17H17ClN4O. The average Bonchev–Trinajstić information content (AvgIpc) is 3.18. The van der Waals surface area contributed by atoms with Crippen LogP contribution in [0.5, 0.6) is 0 Å². The van der Waals surface area contributed by atoms with Crippen molar-refractivity contribution < 1.29 is 4.79 Å². The first kappa shape index (κ1) is 14.5. The number of ketones is 1. The van der Waals surface area contributed by atoms with Crippen molar-refractivity contribution in [2.75, 3.05) is 18.0 Å². The predicted octanol–water partition coefficient (Wildman–Crippen LogP) is 2.76. The first-order chi connectivity index (χ1) is 11.2. The summed E-state index contributed by atoms with van der Waals surface area (Å²) < 4.78 is 1.61. The van der Waals surface area contributed by atoms with Gasteiger partial charge in [-0.05, 0) is 37.6 Å². The molecule has 0 bridgehead atoms. The quantitative estimate of drug-likeness (QED) is 0.922. The van der Waals surface area contributed by atoms with Crippen LogP contribution in [0.4, 0.5) is 5.69 Å². The van der Waals surface area contributed by atoms with Crippen LogP contribution in [0.3, 0.4) is 0 Å². The number of carbonyl (C=O) groups is 1. The molecule has 0 aliphatic carbocycles. The highest BCUT2D eigenvalue weighted by Gasteiger charge is 2.32. The average molecular weight is 329 g/mol. The van der Waals surface area contributed by atoms with E-state index >= 15 is 0 Å². The Balaban J connectivity index is 1.83. The molecule has 1 atom stereocenters. The first-order valence-electron chi connectivity index (χ1n) is 7.79. The number of hydrogen-bond acceptors (Lipinski definition) is 4. The number of hydrogen-bond donors (Lipinski definition) is 1. The van der Waals surface area contributed by atoms with Crippen molar-refractivity contribution in [1.29, 1.82) is 0 Å². The maximum atomic E-state index is 12.7. The van der Waals surface area contributed by atoms with Gasteiger partial charge in [-0.2, -0.15) is 5.10 Å². The number of halogens is 1. The normalized spacial score (nSPS) is 21.1. The van der Waals surface area contributed by atoms with Crippen LogP contribution in [0.15, 0.2) is 47.7 Å². The molecule has 2 aliphatic heterocycles. The van der Waals surface area contributed by atoms with Gasteiger partial charge < -0.3 is 10.2 Å². The molecule has 1 aromatic carbocycles. The largest absolute Gasteiger partial charge is 0.319 e. The van der Waals surface area contributed by atoms with Crippen molar-refractivity contribution in [1.82, 2.24) is 9.99 Å². The molecule has 0 saturated carbocycles. The summed E-state index contributed by atoms with van der Waals surface area (Å²) in [5.41, 5.74) is 1.43. The minimum absolute atomic E-state index is 0.0272. The number of nitrogens with zero attached hydrogens (tertiary/aromatic N) is 3. The molecule has 118 valence electrons. The van der Waals surface area contributed by atoms with Gasteiger partial charge in [-0.1, -0.05) is 29.8 Å². The summed E-state index contributed by atoms with van der Waals surface area (Å²) in [6, 6.07) is 11.8. The number of aromatic nitrogens is 1. The fraction of sp³-hybridized carbons (Fsp3) is 0.294. The molecule has 1 N–H and O–H groups in total. The Morgan fingerprint density at radius 2 is 2.04 bits per heavy atom. The molecule has 5 nitrogen and oxygen atoms in total. The van der Waals surface area contributed by atoms with Crippen molar-refractivity contribution >= 4 is 28.9 Å². The number of carbonyl (C=O) groups excluding carboxylic acids is 1. The molecular weight excluding hydrogens is 312 g/mol. The predicted molar refractivity (Wildman–Crippen MR) is 91.4 cm³/mol. The zero-order valence-corrected chi connectivity index (χ0v) is 13.3. The van der Waals surface area contributed by atoms with E-state index in [4.69, 9.17) is 16.7 Å². The van der Waals surface area contributed by atoms with Crippen molar-refractivity contribution in [3.63, 3.8) is 0 Å². The molecule has 3 heterocycles. The molecule has 1 saturated heterocycles. The third-order valence-electron chi connectivity index (χ3n) is 4.31. The summed E-state index contributed by atoms with van der Waals surface area (Å²) in [5, 5.41) is 8.67. The van der Waals surface area contributed by atoms with Crippen LogP contribution < -0.4 is 10.2 Å². The molecule has 0 spiro atoms. The third-order valence-corrected chi connectivity index (χ3v) is 4.61. The highest BCUT2D eigenvalue weighted by atomic mass is 35.5. The van der Waals surface area contributed by atoms with Crippen LogP contribution in [0.1, 0.15) is 23.3 Å². The van der Waals surface area contributed by atoms with Gasteiger partial charge in [-0.15, -0.1) is 0 Å². The molecule has 2 aliphatic rings. The molecule has 0 amide bonds. The second kappa shape index (κ2) is 5.83. The van der Waals surface area contributed by atoms with Crippen molar-refractivity contribution in [2.24, 2.45) is 5.10 Å². The smallest absolute Gasteiger partial charge is 0.202 e.